The van der Waals surface area contributed by atoms with Crippen LogP contribution in [-0.4, -0.2) is 29.8 Å². The Morgan fingerprint density at radius 2 is 2.05 bits per heavy atom. The molecule has 0 saturated carbocycles. The molecule has 1 fully saturated rings. The van der Waals surface area contributed by atoms with Crippen molar-refractivity contribution in [2.45, 2.75) is 31.7 Å². The van der Waals surface area contributed by atoms with E-state index in [4.69, 9.17) is 4.74 Å². The summed E-state index contributed by atoms with van der Waals surface area (Å²) in [6.45, 7) is 5.32. The van der Waals surface area contributed by atoms with Crippen LogP contribution >= 0.6 is 0 Å². The molecule has 1 saturated heterocycles. The van der Waals surface area contributed by atoms with Gasteiger partial charge in [0.25, 0.3) is 0 Å². The lowest BCUT2D eigenvalue weighted by Gasteiger charge is -2.34. The Bertz CT molecular complexity index is 600. The average molecular weight is 285 g/mol. The summed E-state index contributed by atoms with van der Waals surface area (Å²) in [5, 5.41) is 3.44. The standard InChI is InChI=1S/C17H23N3O/c1-17(7-9-18-10-8-17)16-11-19-13-20(16)12-14-5-3-4-6-15(14)21-2/h3-6,11,13,18H,7-10,12H2,1-2H3. The maximum Gasteiger partial charge on any atom is 0.123 e. The highest BCUT2D eigenvalue weighted by Gasteiger charge is 2.31. The minimum Gasteiger partial charge on any atom is -0.496 e. The van der Waals surface area contributed by atoms with E-state index in [0.29, 0.717) is 0 Å². The van der Waals surface area contributed by atoms with Gasteiger partial charge in [-0.25, -0.2) is 4.98 Å². The molecule has 112 valence electrons. The van der Waals surface area contributed by atoms with E-state index in [-0.39, 0.29) is 5.41 Å². The van der Waals surface area contributed by atoms with Crippen LogP contribution in [0.1, 0.15) is 31.0 Å². The first-order chi connectivity index (χ1) is 10.2. The molecule has 1 aliphatic rings. The van der Waals surface area contributed by atoms with Gasteiger partial charge in [0.05, 0.1) is 20.0 Å². The van der Waals surface area contributed by atoms with Gasteiger partial charge in [0.2, 0.25) is 0 Å². The van der Waals surface area contributed by atoms with Gasteiger partial charge in [-0.05, 0) is 32.0 Å². The lowest BCUT2D eigenvalue weighted by Crippen LogP contribution is -2.39. The summed E-state index contributed by atoms with van der Waals surface area (Å²) < 4.78 is 7.73. The minimum absolute atomic E-state index is 0.212. The Labute approximate surface area is 126 Å². The number of imidazole rings is 1. The molecule has 0 unspecified atom stereocenters. The number of hydrogen-bond acceptors (Lipinski definition) is 3. The van der Waals surface area contributed by atoms with Gasteiger partial charge in [0, 0.05) is 22.9 Å². The summed E-state index contributed by atoms with van der Waals surface area (Å²) in [5.74, 6) is 0.938. The molecule has 4 heteroatoms. The van der Waals surface area contributed by atoms with Crippen molar-refractivity contribution in [1.29, 1.82) is 0 Å². The molecule has 1 aliphatic heterocycles. The number of hydrogen-bond donors (Lipinski definition) is 1. The average Bonchev–Trinajstić information content (AvgIpc) is 2.98. The summed E-state index contributed by atoms with van der Waals surface area (Å²) in [7, 11) is 1.72. The fraction of sp³-hybridized carbons (Fsp3) is 0.471. The Balaban J connectivity index is 1.89. The van der Waals surface area contributed by atoms with Crippen LogP contribution in [0.15, 0.2) is 36.8 Å². The van der Waals surface area contributed by atoms with Crippen LogP contribution in [0.25, 0.3) is 0 Å². The number of ether oxygens (including phenoxy) is 1. The topological polar surface area (TPSA) is 39.1 Å². The minimum atomic E-state index is 0.212. The van der Waals surface area contributed by atoms with E-state index in [2.05, 4.69) is 33.9 Å². The van der Waals surface area contributed by atoms with E-state index in [1.165, 1.54) is 11.3 Å². The van der Waals surface area contributed by atoms with E-state index >= 15 is 0 Å². The van der Waals surface area contributed by atoms with Crippen molar-refractivity contribution in [2.24, 2.45) is 0 Å². The number of aromatic nitrogens is 2. The Morgan fingerprint density at radius 1 is 1.29 bits per heavy atom. The van der Waals surface area contributed by atoms with Gasteiger partial charge < -0.3 is 14.6 Å². The number of para-hydroxylation sites is 1. The lowest BCUT2D eigenvalue weighted by molar-refractivity contribution is 0.318. The molecule has 1 aromatic carbocycles. The van der Waals surface area contributed by atoms with Gasteiger partial charge in [0.1, 0.15) is 5.75 Å². The summed E-state index contributed by atoms with van der Waals surface area (Å²) in [5.41, 5.74) is 2.73. The maximum absolute atomic E-state index is 5.46. The van der Waals surface area contributed by atoms with E-state index < -0.39 is 0 Å². The number of nitrogens with zero attached hydrogens (tertiary/aromatic N) is 2. The smallest absolute Gasteiger partial charge is 0.123 e. The number of rotatable bonds is 4. The van der Waals surface area contributed by atoms with Gasteiger partial charge >= 0.3 is 0 Å². The van der Waals surface area contributed by atoms with Crippen molar-refractivity contribution in [1.82, 2.24) is 14.9 Å². The molecule has 0 amide bonds. The summed E-state index contributed by atoms with van der Waals surface area (Å²) >= 11 is 0. The number of benzene rings is 1. The molecule has 2 heterocycles. The van der Waals surface area contributed by atoms with Gasteiger partial charge in [-0.15, -0.1) is 0 Å². The molecule has 4 nitrogen and oxygen atoms in total. The SMILES string of the molecule is COc1ccccc1Cn1cncc1C1(C)CCNCC1. The molecule has 0 aliphatic carbocycles. The van der Waals surface area contributed by atoms with Crippen molar-refractivity contribution < 1.29 is 4.74 Å². The maximum atomic E-state index is 5.46. The van der Waals surface area contributed by atoms with Gasteiger partial charge in [0.15, 0.2) is 0 Å². The largest absolute Gasteiger partial charge is 0.496 e. The monoisotopic (exact) mass is 285 g/mol. The molecular weight excluding hydrogens is 262 g/mol. The molecule has 1 aromatic heterocycles. The quantitative estimate of drug-likeness (QED) is 0.938. The van der Waals surface area contributed by atoms with Gasteiger partial charge in [-0.3, -0.25) is 0 Å². The molecular formula is C17H23N3O. The fourth-order valence-electron chi connectivity index (χ4n) is 3.20. The predicted molar refractivity (Wildman–Crippen MR) is 83.8 cm³/mol. The Morgan fingerprint density at radius 3 is 2.81 bits per heavy atom. The van der Waals surface area contributed by atoms with Crippen molar-refractivity contribution in [3.63, 3.8) is 0 Å². The first kappa shape index (κ1) is 14.1. The predicted octanol–water partition coefficient (Wildman–Crippen LogP) is 2.58. The fourth-order valence-corrected chi connectivity index (χ4v) is 3.20. The summed E-state index contributed by atoms with van der Waals surface area (Å²) in [6, 6.07) is 8.19. The number of nitrogens with one attached hydrogen (secondary N) is 1. The second-order valence-corrected chi connectivity index (χ2v) is 6.03. The van der Waals surface area contributed by atoms with Gasteiger partial charge in [-0.1, -0.05) is 25.1 Å². The van der Waals surface area contributed by atoms with Crippen molar-refractivity contribution in [2.75, 3.05) is 20.2 Å². The van der Waals surface area contributed by atoms with Crippen LogP contribution < -0.4 is 10.1 Å². The lowest BCUT2D eigenvalue weighted by atomic mass is 9.78. The Hall–Kier alpha value is -1.81. The third kappa shape index (κ3) is 2.81. The first-order valence-electron chi connectivity index (χ1n) is 7.56. The molecule has 0 atom stereocenters. The van der Waals surface area contributed by atoms with Crippen LogP contribution in [0.5, 0.6) is 5.75 Å². The highest BCUT2D eigenvalue weighted by atomic mass is 16.5. The molecule has 2 aromatic rings. The van der Waals surface area contributed by atoms with Crippen LogP contribution in [0.2, 0.25) is 0 Å². The molecule has 0 radical (unpaired) electrons. The van der Waals surface area contributed by atoms with Crippen molar-refractivity contribution >= 4 is 0 Å². The van der Waals surface area contributed by atoms with Crippen LogP contribution in [0.3, 0.4) is 0 Å². The van der Waals surface area contributed by atoms with Gasteiger partial charge in [-0.2, -0.15) is 0 Å². The van der Waals surface area contributed by atoms with E-state index in [9.17, 15) is 0 Å². The second kappa shape index (κ2) is 5.90. The first-order valence-corrected chi connectivity index (χ1v) is 7.56. The summed E-state index contributed by atoms with van der Waals surface area (Å²) in [6.07, 6.45) is 6.28. The molecule has 21 heavy (non-hydrogen) atoms. The zero-order valence-electron chi connectivity index (χ0n) is 12.8. The molecule has 0 spiro atoms. The Kier molecular flexibility index (Phi) is 3.97. The highest BCUT2D eigenvalue weighted by molar-refractivity contribution is 5.34. The summed E-state index contributed by atoms with van der Waals surface area (Å²) in [4.78, 5) is 4.40. The van der Waals surface area contributed by atoms with Crippen LogP contribution in [0, 0.1) is 0 Å². The third-order valence-electron chi connectivity index (χ3n) is 4.57. The van der Waals surface area contributed by atoms with E-state index in [1.54, 1.807) is 7.11 Å². The molecule has 3 rings (SSSR count). The zero-order valence-corrected chi connectivity index (χ0v) is 12.8. The van der Waals surface area contributed by atoms with Crippen LogP contribution in [-0.2, 0) is 12.0 Å². The zero-order chi connectivity index (χ0) is 14.7. The van der Waals surface area contributed by atoms with Crippen molar-refractivity contribution in [3.05, 3.63) is 48.0 Å². The second-order valence-electron chi connectivity index (χ2n) is 6.03. The number of methoxy groups -OCH3 is 1. The molecule has 1 N–H and O–H groups in total. The normalized spacial score (nSPS) is 17.6. The molecule has 0 bridgehead atoms. The van der Waals surface area contributed by atoms with Crippen LogP contribution in [0.4, 0.5) is 0 Å². The number of piperidine rings is 1. The van der Waals surface area contributed by atoms with Crippen molar-refractivity contribution in [3.8, 4) is 5.75 Å². The van der Waals surface area contributed by atoms with E-state index in [0.717, 1.165) is 38.2 Å². The highest BCUT2D eigenvalue weighted by Crippen LogP contribution is 2.33. The third-order valence-corrected chi connectivity index (χ3v) is 4.57. The van der Waals surface area contributed by atoms with E-state index in [1.807, 2.05) is 24.7 Å².